The van der Waals surface area contributed by atoms with Crippen LogP contribution in [0.2, 0.25) is 0 Å². The first-order chi connectivity index (χ1) is 20.9. The average molecular weight is 604 g/mol. The quantitative estimate of drug-likeness (QED) is 0.304. The average Bonchev–Trinajstić information content (AvgIpc) is 3.32. The first-order valence-corrected chi connectivity index (χ1v) is 16.0. The maximum atomic E-state index is 14.4. The van der Waals surface area contributed by atoms with Crippen LogP contribution in [0, 0.1) is 11.8 Å². The molecule has 6 rings (SSSR count). The van der Waals surface area contributed by atoms with Gasteiger partial charge in [0.2, 0.25) is 17.7 Å². The summed E-state index contributed by atoms with van der Waals surface area (Å²) in [6, 6.07) is 7.03. The second-order valence-corrected chi connectivity index (χ2v) is 12.6. The zero-order valence-corrected chi connectivity index (χ0v) is 25.4. The van der Waals surface area contributed by atoms with Gasteiger partial charge in [0.05, 0.1) is 12.6 Å². The smallest absolute Gasteiger partial charge is 0.256 e. The number of hydrogen-bond donors (Lipinski definition) is 4. The Kier molecular flexibility index (Phi) is 8.77. The van der Waals surface area contributed by atoms with Crippen molar-refractivity contribution in [3.8, 4) is 5.88 Å². The van der Waals surface area contributed by atoms with E-state index >= 15 is 0 Å². The number of carbonyl (C=O) groups excluding carboxylic acids is 3. The van der Waals surface area contributed by atoms with Gasteiger partial charge in [0.15, 0.2) is 0 Å². The molecule has 1 aromatic heterocycles. The first-order valence-electron chi connectivity index (χ1n) is 15.6. The number of hydrogen-bond acceptors (Lipinski definition) is 7. The molecule has 9 nitrogen and oxygen atoms in total. The minimum absolute atomic E-state index is 0.0701. The van der Waals surface area contributed by atoms with Crippen molar-refractivity contribution in [1.82, 2.24) is 25.2 Å². The van der Waals surface area contributed by atoms with Crippen molar-refractivity contribution in [3.63, 3.8) is 0 Å². The molecule has 228 valence electrons. The molecule has 1 aromatic carbocycles. The van der Waals surface area contributed by atoms with Gasteiger partial charge in [0.1, 0.15) is 17.7 Å². The van der Waals surface area contributed by atoms with Crippen molar-refractivity contribution >= 4 is 47.4 Å². The highest BCUT2D eigenvalue weighted by molar-refractivity contribution is 7.78. The minimum Gasteiger partial charge on any atom is -0.472 e. The van der Waals surface area contributed by atoms with Gasteiger partial charge in [-0.3, -0.25) is 14.4 Å². The van der Waals surface area contributed by atoms with Crippen molar-refractivity contribution in [2.24, 2.45) is 11.8 Å². The molecule has 0 radical (unpaired) electrons. The van der Waals surface area contributed by atoms with E-state index in [-0.39, 0.29) is 42.1 Å². The Hall–Kier alpha value is -3.37. The number of nitrogens with one attached hydrogen (secondary N) is 3. The monoisotopic (exact) mass is 603 g/mol. The van der Waals surface area contributed by atoms with Gasteiger partial charge >= 0.3 is 0 Å². The topological polar surface area (TPSA) is 113 Å². The van der Waals surface area contributed by atoms with Crippen molar-refractivity contribution in [3.05, 3.63) is 54.8 Å². The number of carbonyl (C=O) groups is 3. The fourth-order valence-corrected chi connectivity index (χ4v) is 7.32. The van der Waals surface area contributed by atoms with Crippen LogP contribution < -0.4 is 20.1 Å². The number of benzene rings is 1. The zero-order valence-electron chi connectivity index (χ0n) is 24.5. The SMILES string of the molecule is C=C[C@@H]1C[C@]1(NC(=O)[C@@H]1C[C@@H]2CN1C(=O)[C@H](C1CCCC1)NCCCC/C=C/c1ccc3ccnc(c3c1)O2)C(=O)NS. The fraction of sp³-hybridized carbons (Fsp3) is 0.515. The fourth-order valence-electron chi connectivity index (χ4n) is 7.12. The van der Waals surface area contributed by atoms with Crippen molar-refractivity contribution < 1.29 is 19.1 Å². The third kappa shape index (κ3) is 6.04. The second-order valence-electron chi connectivity index (χ2n) is 12.4. The Bertz CT molecular complexity index is 1430. The summed E-state index contributed by atoms with van der Waals surface area (Å²) in [6.07, 6.45) is 15.1. The molecule has 4 aliphatic rings. The Morgan fingerprint density at radius 3 is 2.79 bits per heavy atom. The molecule has 2 aromatic rings. The zero-order chi connectivity index (χ0) is 30.0. The van der Waals surface area contributed by atoms with Gasteiger partial charge in [-0.05, 0) is 74.1 Å². The molecule has 10 heteroatoms. The number of allylic oxidation sites excluding steroid dienone is 1. The van der Waals surface area contributed by atoms with Crippen LogP contribution >= 0.6 is 12.8 Å². The van der Waals surface area contributed by atoms with E-state index in [4.69, 9.17) is 4.74 Å². The van der Waals surface area contributed by atoms with Crippen LogP contribution in [-0.2, 0) is 14.4 Å². The molecule has 43 heavy (non-hydrogen) atoms. The summed E-state index contributed by atoms with van der Waals surface area (Å²) in [5, 5.41) is 8.46. The number of pyridine rings is 1. The Balaban J connectivity index is 1.33. The molecule has 2 aliphatic heterocycles. The summed E-state index contributed by atoms with van der Waals surface area (Å²) in [7, 11) is 0. The van der Waals surface area contributed by atoms with Crippen LogP contribution in [0.5, 0.6) is 5.88 Å². The molecule has 3 amide bonds. The number of aromatic nitrogens is 1. The van der Waals surface area contributed by atoms with Crippen LogP contribution in [-0.4, -0.2) is 64.4 Å². The van der Waals surface area contributed by atoms with E-state index < -0.39 is 17.7 Å². The number of fused-ring (bicyclic) bond motifs is 3. The van der Waals surface area contributed by atoms with Crippen molar-refractivity contribution in [2.45, 2.75) is 81.5 Å². The number of rotatable bonds is 5. The predicted molar refractivity (Wildman–Crippen MR) is 169 cm³/mol. The summed E-state index contributed by atoms with van der Waals surface area (Å²) >= 11 is 3.96. The van der Waals surface area contributed by atoms with E-state index in [1.807, 2.05) is 6.07 Å². The highest BCUT2D eigenvalue weighted by Gasteiger charge is 2.60. The molecule has 2 aliphatic carbocycles. The van der Waals surface area contributed by atoms with Gasteiger partial charge < -0.3 is 25.0 Å². The second kappa shape index (κ2) is 12.7. The molecule has 3 N–H and O–H groups in total. The van der Waals surface area contributed by atoms with E-state index in [1.54, 1.807) is 17.2 Å². The Morgan fingerprint density at radius 1 is 1.19 bits per heavy atom. The lowest BCUT2D eigenvalue weighted by atomic mass is 9.96. The Morgan fingerprint density at radius 2 is 2.02 bits per heavy atom. The molecule has 3 fully saturated rings. The van der Waals surface area contributed by atoms with E-state index in [2.05, 4.69) is 70.1 Å². The molecule has 0 unspecified atom stereocenters. The van der Waals surface area contributed by atoms with E-state index in [0.717, 1.165) is 67.8 Å². The van der Waals surface area contributed by atoms with Crippen molar-refractivity contribution in [2.75, 3.05) is 13.1 Å². The number of nitrogens with zero attached hydrogens (tertiary/aromatic N) is 2. The standard InChI is InChI=1S/C33H41N5O4S/c1-2-24-19-33(24,32(41)37-43)36-29(39)27-18-25-20-38(27)31(40)28(23-10-6-7-11-23)34-15-8-4-3-5-9-21-12-13-22-14-16-35-30(42-25)26(22)17-21/h2,5,9,12-14,16-17,23-25,27-28,34,43H,1,3-4,6-8,10-11,15,18-20H2,(H,36,39)(H,37,41)/b9-5+/t24-,25-,27+,28+,33-/m1/s1. The Labute approximate surface area is 258 Å². The summed E-state index contributed by atoms with van der Waals surface area (Å²) < 4.78 is 8.89. The van der Waals surface area contributed by atoms with Crippen LogP contribution in [0.3, 0.4) is 0 Å². The van der Waals surface area contributed by atoms with Crippen LogP contribution in [0.4, 0.5) is 0 Å². The number of ether oxygens (including phenoxy) is 1. The third-order valence-electron chi connectivity index (χ3n) is 9.64. The van der Waals surface area contributed by atoms with Crippen molar-refractivity contribution in [1.29, 1.82) is 0 Å². The number of thiol groups is 1. The normalized spacial score (nSPS) is 30.4. The highest BCUT2D eigenvalue weighted by atomic mass is 32.1. The van der Waals surface area contributed by atoms with E-state index in [0.29, 0.717) is 18.7 Å². The molecule has 3 heterocycles. The minimum atomic E-state index is -1.10. The van der Waals surface area contributed by atoms with Crippen LogP contribution in [0.15, 0.2) is 49.2 Å². The molecule has 0 spiro atoms. The summed E-state index contributed by atoms with van der Waals surface area (Å²) in [6.45, 7) is 4.82. The van der Waals surface area contributed by atoms with E-state index in [1.165, 1.54) is 0 Å². The summed E-state index contributed by atoms with van der Waals surface area (Å²) in [5.74, 6) is -0.297. The maximum Gasteiger partial charge on any atom is 0.256 e. The largest absolute Gasteiger partial charge is 0.472 e. The number of amides is 3. The first kappa shape index (κ1) is 29.7. The highest BCUT2D eigenvalue weighted by Crippen LogP contribution is 2.45. The molecule has 1 saturated heterocycles. The van der Waals surface area contributed by atoms with Gasteiger partial charge in [-0.2, -0.15) is 0 Å². The van der Waals surface area contributed by atoms with Gasteiger partial charge in [0, 0.05) is 23.9 Å². The van der Waals surface area contributed by atoms with Gasteiger partial charge in [0.25, 0.3) is 5.91 Å². The molecular formula is C33H41N5O4S. The molecule has 5 atom stereocenters. The lowest BCUT2D eigenvalue weighted by Gasteiger charge is -2.32. The third-order valence-corrected chi connectivity index (χ3v) is 9.85. The maximum absolute atomic E-state index is 14.4. The van der Waals surface area contributed by atoms with Gasteiger partial charge in [-0.1, -0.05) is 56.0 Å². The lowest BCUT2D eigenvalue weighted by Crippen LogP contribution is -2.57. The summed E-state index contributed by atoms with van der Waals surface area (Å²) in [4.78, 5) is 47.3. The summed E-state index contributed by atoms with van der Waals surface area (Å²) in [5.41, 5.74) is -0.0322. The van der Waals surface area contributed by atoms with Gasteiger partial charge in [-0.15, -0.1) is 6.58 Å². The molecule has 4 bridgehead atoms. The van der Waals surface area contributed by atoms with Crippen LogP contribution in [0.25, 0.3) is 16.8 Å². The molecule has 2 saturated carbocycles. The van der Waals surface area contributed by atoms with E-state index in [9.17, 15) is 14.4 Å². The van der Waals surface area contributed by atoms with Gasteiger partial charge in [-0.25, -0.2) is 4.98 Å². The molecular weight excluding hydrogens is 562 g/mol. The lowest BCUT2D eigenvalue weighted by molar-refractivity contribution is -0.142. The van der Waals surface area contributed by atoms with Crippen LogP contribution in [0.1, 0.15) is 63.4 Å². The predicted octanol–water partition coefficient (Wildman–Crippen LogP) is 3.95.